The Balaban J connectivity index is 2.36. The van der Waals surface area contributed by atoms with Crippen molar-refractivity contribution < 1.29 is 14.3 Å². The Hall–Kier alpha value is -1.55. The number of rotatable bonds is 7. The molecular formula is C13H19NO3. The molecule has 1 aromatic carbocycles. The van der Waals surface area contributed by atoms with E-state index >= 15 is 0 Å². The molecule has 1 N–H and O–H groups in total. The number of carbonyl (C=O) groups is 1. The van der Waals surface area contributed by atoms with Crippen LogP contribution in [0.25, 0.3) is 0 Å². The highest BCUT2D eigenvalue weighted by molar-refractivity contribution is 5.75. The van der Waals surface area contributed by atoms with E-state index < -0.39 is 0 Å². The van der Waals surface area contributed by atoms with Crippen LogP contribution in [0.1, 0.15) is 18.9 Å². The molecule has 0 aromatic heterocycles. The highest BCUT2D eigenvalue weighted by atomic mass is 16.5. The van der Waals surface area contributed by atoms with Gasteiger partial charge in [0, 0.05) is 20.1 Å². The minimum absolute atomic E-state index is 0.0606. The van der Waals surface area contributed by atoms with Crippen molar-refractivity contribution in [2.45, 2.75) is 19.9 Å². The van der Waals surface area contributed by atoms with Crippen molar-refractivity contribution in [2.24, 2.45) is 0 Å². The van der Waals surface area contributed by atoms with E-state index in [0.717, 1.165) is 11.3 Å². The normalized spacial score (nSPS) is 10.0. The Bertz CT molecular complexity index is 335. The molecule has 4 nitrogen and oxygen atoms in total. The van der Waals surface area contributed by atoms with Gasteiger partial charge in [0.15, 0.2) is 0 Å². The van der Waals surface area contributed by atoms with Crippen molar-refractivity contribution in [1.29, 1.82) is 0 Å². The minimum atomic E-state index is 0.0606. The molecular weight excluding hydrogens is 218 g/mol. The highest BCUT2D eigenvalue weighted by Crippen LogP contribution is 2.11. The number of hydrogen-bond acceptors (Lipinski definition) is 3. The monoisotopic (exact) mass is 237 g/mol. The lowest BCUT2D eigenvalue weighted by atomic mass is 10.2. The van der Waals surface area contributed by atoms with Gasteiger partial charge in [-0.05, 0) is 17.7 Å². The third kappa shape index (κ3) is 5.36. The Morgan fingerprint density at radius 3 is 2.53 bits per heavy atom. The second kappa shape index (κ2) is 7.68. The minimum Gasteiger partial charge on any atom is -0.491 e. The van der Waals surface area contributed by atoms with Crippen LogP contribution in [-0.4, -0.2) is 26.2 Å². The van der Waals surface area contributed by atoms with Crippen LogP contribution in [0.4, 0.5) is 0 Å². The zero-order valence-electron chi connectivity index (χ0n) is 10.4. The second-order valence-corrected chi connectivity index (χ2v) is 3.62. The van der Waals surface area contributed by atoms with Gasteiger partial charge in [0.25, 0.3) is 0 Å². The van der Waals surface area contributed by atoms with E-state index in [1.54, 1.807) is 7.11 Å². The summed E-state index contributed by atoms with van der Waals surface area (Å²) in [5.41, 5.74) is 1.06. The standard InChI is InChI=1S/C13H19NO3/c1-3-13(15)14-10-11-4-6-12(7-5-11)17-9-8-16-2/h4-7H,3,8-10H2,1-2H3,(H,14,15). The molecule has 1 aromatic rings. The van der Waals surface area contributed by atoms with Crippen LogP contribution in [0.15, 0.2) is 24.3 Å². The zero-order chi connectivity index (χ0) is 12.5. The van der Waals surface area contributed by atoms with Crippen molar-refractivity contribution in [3.8, 4) is 5.75 Å². The molecule has 0 fully saturated rings. The number of hydrogen-bond donors (Lipinski definition) is 1. The maximum atomic E-state index is 11.1. The largest absolute Gasteiger partial charge is 0.491 e. The van der Waals surface area contributed by atoms with Crippen LogP contribution in [0.2, 0.25) is 0 Å². The molecule has 4 heteroatoms. The van der Waals surface area contributed by atoms with Crippen molar-refractivity contribution in [2.75, 3.05) is 20.3 Å². The molecule has 1 amide bonds. The predicted molar refractivity (Wildman–Crippen MR) is 66.0 cm³/mol. The first kappa shape index (κ1) is 13.5. The fraction of sp³-hybridized carbons (Fsp3) is 0.462. The van der Waals surface area contributed by atoms with Gasteiger partial charge >= 0.3 is 0 Å². The average molecular weight is 237 g/mol. The Kier molecular flexibility index (Phi) is 6.10. The third-order valence-corrected chi connectivity index (χ3v) is 2.29. The van der Waals surface area contributed by atoms with Gasteiger partial charge < -0.3 is 14.8 Å². The van der Waals surface area contributed by atoms with Gasteiger partial charge in [0.05, 0.1) is 6.61 Å². The van der Waals surface area contributed by atoms with E-state index in [1.807, 2.05) is 31.2 Å². The topological polar surface area (TPSA) is 47.6 Å². The van der Waals surface area contributed by atoms with Crippen LogP contribution >= 0.6 is 0 Å². The van der Waals surface area contributed by atoms with Crippen molar-refractivity contribution >= 4 is 5.91 Å². The number of methoxy groups -OCH3 is 1. The van der Waals surface area contributed by atoms with Gasteiger partial charge in [-0.25, -0.2) is 0 Å². The van der Waals surface area contributed by atoms with Crippen LogP contribution in [-0.2, 0) is 16.1 Å². The van der Waals surface area contributed by atoms with Gasteiger partial charge in [-0.3, -0.25) is 4.79 Å². The Morgan fingerprint density at radius 1 is 1.24 bits per heavy atom. The fourth-order valence-corrected chi connectivity index (χ4v) is 1.27. The molecule has 0 radical (unpaired) electrons. The number of nitrogens with one attached hydrogen (secondary N) is 1. The summed E-state index contributed by atoms with van der Waals surface area (Å²) in [5.74, 6) is 0.873. The first-order valence-electron chi connectivity index (χ1n) is 5.73. The van der Waals surface area contributed by atoms with Crippen LogP contribution < -0.4 is 10.1 Å². The predicted octanol–water partition coefficient (Wildman–Crippen LogP) is 1.74. The van der Waals surface area contributed by atoms with E-state index in [0.29, 0.717) is 26.2 Å². The number of amides is 1. The van der Waals surface area contributed by atoms with E-state index in [4.69, 9.17) is 9.47 Å². The number of benzene rings is 1. The van der Waals surface area contributed by atoms with Gasteiger partial charge in [-0.2, -0.15) is 0 Å². The quantitative estimate of drug-likeness (QED) is 0.735. The number of ether oxygens (including phenoxy) is 2. The van der Waals surface area contributed by atoms with E-state index in [-0.39, 0.29) is 5.91 Å². The molecule has 0 heterocycles. The fourth-order valence-electron chi connectivity index (χ4n) is 1.27. The van der Waals surface area contributed by atoms with E-state index in [9.17, 15) is 4.79 Å². The van der Waals surface area contributed by atoms with Crippen molar-refractivity contribution in [3.05, 3.63) is 29.8 Å². The van der Waals surface area contributed by atoms with E-state index in [1.165, 1.54) is 0 Å². The molecule has 0 saturated heterocycles. The molecule has 0 saturated carbocycles. The summed E-state index contributed by atoms with van der Waals surface area (Å²) in [6.45, 7) is 3.52. The summed E-state index contributed by atoms with van der Waals surface area (Å²) in [5, 5.41) is 2.82. The zero-order valence-corrected chi connectivity index (χ0v) is 10.4. The lowest BCUT2D eigenvalue weighted by molar-refractivity contribution is -0.120. The molecule has 1 rings (SSSR count). The van der Waals surface area contributed by atoms with Gasteiger partial charge in [-0.1, -0.05) is 19.1 Å². The smallest absolute Gasteiger partial charge is 0.219 e. The molecule has 94 valence electrons. The molecule has 0 unspecified atom stereocenters. The van der Waals surface area contributed by atoms with Gasteiger partial charge in [-0.15, -0.1) is 0 Å². The van der Waals surface area contributed by atoms with Gasteiger partial charge in [0.1, 0.15) is 12.4 Å². The lowest BCUT2D eigenvalue weighted by Gasteiger charge is -2.07. The molecule has 0 aliphatic carbocycles. The lowest BCUT2D eigenvalue weighted by Crippen LogP contribution is -2.21. The second-order valence-electron chi connectivity index (χ2n) is 3.62. The van der Waals surface area contributed by atoms with Crippen molar-refractivity contribution in [1.82, 2.24) is 5.32 Å². The van der Waals surface area contributed by atoms with Crippen LogP contribution in [0, 0.1) is 0 Å². The van der Waals surface area contributed by atoms with Crippen LogP contribution in [0.5, 0.6) is 5.75 Å². The molecule has 17 heavy (non-hydrogen) atoms. The van der Waals surface area contributed by atoms with E-state index in [2.05, 4.69) is 5.32 Å². The Morgan fingerprint density at radius 2 is 1.94 bits per heavy atom. The molecule has 0 aliphatic rings. The summed E-state index contributed by atoms with van der Waals surface area (Å²) < 4.78 is 10.3. The molecule has 0 atom stereocenters. The third-order valence-electron chi connectivity index (χ3n) is 2.29. The molecule has 0 bridgehead atoms. The summed E-state index contributed by atoms with van der Waals surface area (Å²) in [7, 11) is 1.64. The molecule has 0 spiro atoms. The van der Waals surface area contributed by atoms with Gasteiger partial charge in [0.2, 0.25) is 5.91 Å². The first-order chi connectivity index (χ1) is 8.26. The molecule has 0 aliphatic heterocycles. The summed E-state index contributed by atoms with van der Waals surface area (Å²) in [6.07, 6.45) is 0.512. The average Bonchev–Trinajstić information content (AvgIpc) is 2.37. The SMILES string of the molecule is CCC(=O)NCc1ccc(OCCOC)cc1. The highest BCUT2D eigenvalue weighted by Gasteiger charge is 1.98. The maximum Gasteiger partial charge on any atom is 0.219 e. The summed E-state index contributed by atoms with van der Waals surface area (Å²) in [4.78, 5) is 11.1. The Labute approximate surface area is 102 Å². The van der Waals surface area contributed by atoms with Crippen molar-refractivity contribution in [3.63, 3.8) is 0 Å². The summed E-state index contributed by atoms with van der Waals surface area (Å²) >= 11 is 0. The number of carbonyl (C=O) groups excluding carboxylic acids is 1. The van der Waals surface area contributed by atoms with Crippen LogP contribution in [0.3, 0.4) is 0 Å². The summed E-state index contributed by atoms with van der Waals surface area (Å²) in [6, 6.07) is 7.67. The first-order valence-corrected chi connectivity index (χ1v) is 5.73. The maximum absolute atomic E-state index is 11.1.